The summed E-state index contributed by atoms with van der Waals surface area (Å²) in [5.41, 5.74) is 7.16. The van der Waals surface area contributed by atoms with E-state index in [0.29, 0.717) is 28.3 Å². The Morgan fingerprint density at radius 3 is 2.76 bits per heavy atom. The molecule has 10 heteroatoms. The molecule has 3 aromatic rings. The average Bonchev–Trinajstić information content (AvgIpc) is 3.69. The highest BCUT2D eigenvalue weighted by Gasteiger charge is 2.56. The lowest BCUT2D eigenvalue weighted by Gasteiger charge is -2.27. The number of hydrogen-bond donors (Lipinski definition) is 2. The number of fused-ring (bicyclic) bond motifs is 2. The van der Waals surface area contributed by atoms with Crippen LogP contribution in [0, 0.1) is 5.92 Å². The molecule has 2 saturated carbocycles. The highest BCUT2D eigenvalue weighted by atomic mass is 35.5. The number of aromatic nitrogens is 3. The summed E-state index contributed by atoms with van der Waals surface area (Å²) in [6.45, 7) is -0.0891. The van der Waals surface area contributed by atoms with Crippen LogP contribution in [0.5, 0.6) is 0 Å². The third-order valence-corrected chi connectivity index (χ3v) is 7.53. The van der Waals surface area contributed by atoms with E-state index >= 15 is 0 Å². The van der Waals surface area contributed by atoms with E-state index in [-0.39, 0.29) is 42.1 Å². The van der Waals surface area contributed by atoms with Crippen molar-refractivity contribution >= 4 is 40.2 Å². The number of nitrogens with zero attached hydrogens (tertiary/aromatic N) is 4. The van der Waals surface area contributed by atoms with Crippen molar-refractivity contribution < 1.29 is 14.4 Å². The minimum absolute atomic E-state index is 0.0283. The maximum Gasteiger partial charge on any atom is 0.269 e. The van der Waals surface area contributed by atoms with Crippen LogP contribution in [0.2, 0.25) is 5.02 Å². The van der Waals surface area contributed by atoms with Gasteiger partial charge >= 0.3 is 0 Å². The summed E-state index contributed by atoms with van der Waals surface area (Å²) in [5.74, 6) is -0.429. The third kappa shape index (κ3) is 3.51. The van der Waals surface area contributed by atoms with Crippen LogP contribution in [-0.2, 0) is 16.1 Å². The van der Waals surface area contributed by atoms with Crippen molar-refractivity contribution in [3.8, 4) is 0 Å². The summed E-state index contributed by atoms with van der Waals surface area (Å²) in [6, 6.07) is 8.94. The number of rotatable bonds is 6. The molecule has 3 heterocycles. The number of benzene rings is 1. The van der Waals surface area contributed by atoms with E-state index in [1.54, 1.807) is 23.4 Å². The number of nitrogens with two attached hydrogens (primary N) is 1. The smallest absolute Gasteiger partial charge is 0.269 e. The number of halogens is 1. The van der Waals surface area contributed by atoms with Crippen LogP contribution in [-0.4, -0.2) is 55.5 Å². The second kappa shape index (κ2) is 7.80. The van der Waals surface area contributed by atoms with Gasteiger partial charge in [0.15, 0.2) is 5.69 Å². The maximum absolute atomic E-state index is 13.4. The summed E-state index contributed by atoms with van der Waals surface area (Å²) in [7, 11) is 0. The van der Waals surface area contributed by atoms with Crippen LogP contribution in [0.4, 0.5) is 0 Å². The van der Waals surface area contributed by atoms with Gasteiger partial charge in [0, 0.05) is 34.6 Å². The Kier molecular flexibility index (Phi) is 4.84. The predicted molar refractivity (Wildman–Crippen MR) is 124 cm³/mol. The first kappa shape index (κ1) is 21.1. The SMILES string of the molecule is NC(=O)c1nn(CC(=O)N2[C@@H]3C[C@@H]3C[C@H]2C(=O)N[C@@H]2C[C@H]2c2ccccc2Cl)c2cnccc12. The highest BCUT2D eigenvalue weighted by molar-refractivity contribution is 6.31. The molecule has 3 N–H and O–H groups in total. The first-order valence-corrected chi connectivity index (χ1v) is 11.8. The standard InChI is InChI=1S/C24H23ClN6O3/c25-16-4-2-1-3-13(16)15-9-17(15)28-24(34)19-8-12-7-18(12)31(19)21(32)11-30-20-10-27-6-5-14(20)22(29-30)23(26)33/h1-6,10,12,15,17-19H,7-9,11H2,(H2,26,33)(H,28,34)/t12-,15+,17-,18-,19+/m1/s1. The van der Waals surface area contributed by atoms with E-state index in [1.165, 1.54) is 4.68 Å². The fraction of sp³-hybridized carbons (Fsp3) is 0.375. The zero-order valence-electron chi connectivity index (χ0n) is 18.2. The van der Waals surface area contributed by atoms with Crippen molar-refractivity contribution in [2.24, 2.45) is 11.7 Å². The molecule has 2 aromatic heterocycles. The fourth-order valence-electron chi connectivity index (χ4n) is 5.33. The molecule has 0 unspecified atom stereocenters. The molecule has 174 valence electrons. The van der Waals surface area contributed by atoms with E-state index < -0.39 is 11.9 Å². The van der Waals surface area contributed by atoms with Crippen LogP contribution in [0.15, 0.2) is 42.7 Å². The van der Waals surface area contributed by atoms with Crippen molar-refractivity contribution in [2.45, 2.75) is 49.9 Å². The Morgan fingerprint density at radius 2 is 1.97 bits per heavy atom. The number of likely N-dealkylation sites (tertiary alicyclic amines) is 1. The van der Waals surface area contributed by atoms with Crippen molar-refractivity contribution in [1.29, 1.82) is 0 Å². The Morgan fingerprint density at radius 1 is 1.15 bits per heavy atom. The molecule has 9 nitrogen and oxygen atoms in total. The number of pyridine rings is 1. The molecule has 34 heavy (non-hydrogen) atoms. The zero-order chi connectivity index (χ0) is 23.6. The number of hydrogen-bond acceptors (Lipinski definition) is 5. The molecule has 3 aliphatic rings. The molecule has 2 aliphatic carbocycles. The molecule has 3 amide bonds. The quantitative estimate of drug-likeness (QED) is 0.559. The summed E-state index contributed by atoms with van der Waals surface area (Å²) in [5, 5.41) is 8.64. The molecule has 1 aliphatic heterocycles. The predicted octanol–water partition coefficient (Wildman–Crippen LogP) is 1.85. The van der Waals surface area contributed by atoms with Gasteiger partial charge in [0.1, 0.15) is 12.6 Å². The van der Waals surface area contributed by atoms with Crippen molar-refractivity contribution in [3.05, 3.63) is 59.0 Å². The monoisotopic (exact) mass is 478 g/mol. The van der Waals surface area contributed by atoms with Crippen LogP contribution in [0.3, 0.4) is 0 Å². The molecular formula is C24H23ClN6O3. The first-order valence-electron chi connectivity index (χ1n) is 11.4. The minimum Gasteiger partial charge on any atom is -0.364 e. The number of primary amides is 1. The van der Waals surface area contributed by atoms with Crippen LogP contribution in [0.25, 0.3) is 10.9 Å². The Bertz CT molecular complexity index is 1340. The van der Waals surface area contributed by atoms with Crippen LogP contribution < -0.4 is 11.1 Å². The number of amides is 3. The van der Waals surface area contributed by atoms with E-state index in [1.807, 2.05) is 24.3 Å². The van der Waals surface area contributed by atoms with E-state index in [9.17, 15) is 14.4 Å². The number of carbonyl (C=O) groups is 3. The van der Waals surface area contributed by atoms with Crippen molar-refractivity contribution in [1.82, 2.24) is 25.0 Å². The van der Waals surface area contributed by atoms with Gasteiger partial charge in [-0.05, 0) is 42.9 Å². The second-order valence-electron chi connectivity index (χ2n) is 9.36. The van der Waals surface area contributed by atoms with Gasteiger partial charge in [0.25, 0.3) is 5.91 Å². The molecule has 5 atom stereocenters. The Labute approximate surface area is 200 Å². The van der Waals surface area contributed by atoms with Gasteiger partial charge < -0.3 is 16.0 Å². The molecule has 1 aromatic carbocycles. The second-order valence-corrected chi connectivity index (χ2v) is 9.76. The van der Waals surface area contributed by atoms with E-state index in [4.69, 9.17) is 17.3 Å². The number of nitrogens with one attached hydrogen (secondary N) is 1. The highest BCUT2D eigenvalue weighted by Crippen LogP contribution is 2.49. The Balaban J connectivity index is 1.17. The minimum atomic E-state index is -0.666. The maximum atomic E-state index is 13.4. The zero-order valence-corrected chi connectivity index (χ0v) is 19.0. The third-order valence-electron chi connectivity index (χ3n) is 7.19. The normalized spacial score (nSPS) is 26.9. The molecule has 6 rings (SSSR count). The first-order chi connectivity index (χ1) is 16.4. The van der Waals surface area contributed by atoms with Gasteiger partial charge in [0.2, 0.25) is 11.8 Å². The molecule has 3 fully saturated rings. The van der Waals surface area contributed by atoms with Crippen LogP contribution in [0.1, 0.15) is 41.2 Å². The summed E-state index contributed by atoms with van der Waals surface area (Å²) >= 11 is 6.31. The summed E-state index contributed by atoms with van der Waals surface area (Å²) in [4.78, 5) is 44.1. The van der Waals surface area contributed by atoms with E-state index in [2.05, 4.69) is 15.4 Å². The van der Waals surface area contributed by atoms with Crippen LogP contribution >= 0.6 is 11.6 Å². The molecule has 0 bridgehead atoms. The lowest BCUT2D eigenvalue weighted by atomic mass is 10.1. The average molecular weight is 479 g/mol. The Hall–Kier alpha value is -3.46. The number of piperidine rings is 1. The molecule has 0 radical (unpaired) electrons. The van der Waals surface area contributed by atoms with Crippen molar-refractivity contribution in [3.63, 3.8) is 0 Å². The fourth-order valence-corrected chi connectivity index (χ4v) is 5.61. The van der Waals surface area contributed by atoms with E-state index in [0.717, 1.165) is 18.4 Å². The topological polar surface area (TPSA) is 123 Å². The molecule has 1 saturated heterocycles. The summed E-state index contributed by atoms with van der Waals surface area (Å²) in [6.07, 6.45) is 5.52. The molecule has 0 spiro atoms. The van der Waals surface area contributed by atoms with Gasteiger partial charge in [-0.3, -0.25) is 24.0 Å². The van der Waals surface area contributed by atoms with Crippen molar-refractivity contribution in [2.75, 3.05) is 0 Å². The van der Waals surface area contributed by atoms with Gasteiger partial charge in [-0.15, -0.1) is 0 Å². The summed E-state index contributed by atoms with van der Waals surface area (Å²) < 4.78 is 1.45. The number of carbonyl (C=O) groups excluding carboxylic acids is 3. The lowest BCUT2D eigenvalue weighted by molar-refractivity contribution is -0.140. The van der Waals surface area contributed by atoms with Gasteiger partial charge in [0.05, 0.1) is 11.7 Å². The van der Waals surface area contributed by atoms with Gasteiger partial charge in [-0.25, -0.2) is 0 Å². The largest absolute Gasteiger partial charge is 0.364 e. The van der Waals surface area contributed by atoms with Gasteiger partial charge in [-0.2, -0.15) is 5.10 Å². The molecular weight excluding hydrogens is 456 g/mol. The lowest BCUT2D eigenvalue weighted by Crippen LogP contribution is -2.49. The van der Waals surface area contributed by atoms with Gasteiger partial charge in [-0.1, -0.05) is 29.8 Å².